The summed E-state index contributed by atoms with van der Waals surface area (Å²) in [6.45, 7) is 0.225. The highest BCUT2D eigenvalue weighted by Crippen LogP contribution is 2.29. The Hall–Kier alpha value is -2.17. The molecule has 100 valence electrons. The van der Waals surface area contributed by atoms with Crippen molar-refractivity contribution in [2.24, 2.45) is 0 Å². The Morgan fingerprint density at radius 2 is 2.11 bits per heavy atom. The van der Waals surface area contributed by atoms with Crippen molar-refractivity contribution in [1.82, 2.24) is 29.6 Å². The molecule has 0 spiro atoms. The third-order valence-electron chi connectivity index (χ3n) is 2.24. The molecule has 3 aromatic rings. The number of alkyl halides is 3. The van der Waals surface area contributed by atoms with E-state index >= 15 is 0 Å². The van der Waals surface area contributed by atoms with E-state index in [1.165, 1.54) is 10.9 Å². The van der Waals surface area contributed by atoms with Crippen molar-refractivity contribution >= 4 is 22.0 Å². The Balaban J connectivity index is 1.96. The van der Waals surface area contributed by atoms with Gasteiger partial charge in [0.15, 0.2) is 0 Å². The largest absolute Gasteiger partial charge is 0.453 e. The van der Waals surface area contributed by atoms with Gasteiger partial charge in [-0.15, -0.1) is 10.2 Å². The van der Waals surface area contributed by atoms with E-state index in [-0.39, 0.29) is 11.5 Å². The Morgan fingerprint density at radius 3 is 2.74 bits per heavy atom. The molecule has 0 radical (unpaired) electrons. The van der Waals surface area contributed by atoms with E-state index in [0.29, 0.717) is 15.2 Å². The van der Waals surface area contributed by atoms with Gasteiger partial charge in [-0.2, -0.15) is 27.9 Å². The van der Waals surface area contributed by atoms with Crippen LogP contribution in [-0.2, 0) is 12.7 Å². The van der Waals surface area contributed by atoms with Gasteiger partial charge in [-0.3, -0.25) is 4.68 Å². The molecule has 3 heterocycles. The zero-order valence-corrected chi connectivity index (χ0v) is 9.98. The second-order valence-corrected chi connectivity index (χ2v) is 4.72. The molecular formula is C8H6F3N7S. The number of nitrogens with zero attached hydrogens (tertiary/aromatic N) is 6. The van der Waals surface area contributed by atoms with Gasteiger partial charge < -0.3 is 5.73 Å². The second-order valence-electron chi connectivity index (χ2n) is 3.68. The van der Waals surface area contributed by atoms with Gasteiger partial charge in [0.25, 0.3) is 5.82 Å². The molecule has 3 rings (SSSR count). The molecule has 2 N–H and O–H groups in total. The molecule has 0 atom stereocenters. The van der Waals surface area contributed by atoms with Gasteiger partial charge in [0.2, 0.25) is 4.96 Å². The average molecular weight is 289 g/mol. The molecule has 3 aromatic heterocycles. The lowest BCUT2D eigenvalue weighted by Crippen LogP contribution is -2.12. The number of nitrogen functional groups attached to an aromatic ring is 1. The van der Waals surface area contributed by atoms with Crippen molar-refractivity contribution in [3.05, 3.63) is 23.2 Å². The summed E-state index contributed by atoms with van der Waals surface area (Å²) in [6, 6.07) is 0. The van der Waals surface area contributed by atoms with Crippen LogP contribution in [0.25, 0.3) is 4.96 Å². The highest BCUT2D eigenvalue weighted by molar-refractivity contribution is 7.16. The SMILES string of the molecule is Nc1cnn(Cc2nn3c(C(F)(F)F)nnc3s2)c1. The Morgan fingerprint density at radius 1 is 1.32 bits per heavy atom. The number of hydrogen-bond donors (Lipinski definition) is 1. The first-order valence-electron chi connectivity index (χ1n) is 5.00. The van der Waals surface area contributed by atoms with Crippen LogP contribution in [0.15, 0.2) is 12.4 Å². The molecule has 0 fully saturated rings. The van der Waals surface area contributed by atoms with Crippen molar-refractivity contribution in [3.63, 3.8) is 0 Å². The summed E-state index contributed by atoms with van der Waals surface area (Å²) >= 11 is 1.01. The van der Waals surface area contributed by atoms with E-state index in [0.717, 1.165) is 11.3 Å². The van der Waals surface area contributed by atoms with Crippen LogP contribution >= 0.6 is 11.3 Å². The van der Waals surface area contributed by atoms with Crippen LogP contribution in [0.4, 0.5) is 18.9 Å². The minimum Gasteiger partial charge on any atom is -0.396 e. The Labute approximate surface area is 107 Å². The van der Waals surface area contributed by atoms with E-state index < -0.39 is 12.0 Å². The van der Waals surface area contributed by atoms with Crippen molar-refractivity contribution < 1.29 is 13.2 Å². The molecule has 0 aliphatic rings. The summed E-state index contributed by atoms with van der Waals surface area (Å²) in [4.78, 5) is 0.0856. The Bertz CT molecular complexity index is 724. The van der Waals surface area contributed by atoms with Crippen molar-refractivity contribution in [2.45, 2.75) is 12.7 Å². The fraction of sp³-hybridized carbons (Fsp3) is 0.250. The maximum absolute atomic E-state index is 12.6. The lowest BCUT2D eigenvalue weighted by molar-refractivity contribution is -0.146. The molecule has 0 bridgehead atoms. The highest BCUT2D eigenvalue weighted by Gasteiger charge is 2.38. The molecule has 0 unspecified atom stereocenters. The molecule has 0 saturated carbocycles. The lowest BCUT2D eigenvalue weighted by atomic mass is 10.6. The van der Waals surface area contributed by atoms with Gasteiger partial charge >= 0.3 is 6.18 Å². The maximum Gasteiger partial charge on any atom is 0.453 e. The first kappa shape index (κ1) is 11.9. The number of hydrogen-bond acceptors (Lipinski definition) is 6. The summed E-state index contributed by atoms with van der Waals surface area (Å²) in [7, 11) is 0. The summed E-state index contributed by atoms with van der Waals surface area (Å²) < 4.78 is 40.0. The predicted octanol–water partition coefficient (Wildman–Crippen LogP) is 1.03. The topological polar surface area (TPSA) is 86.9 Å². The zero-order chi connectivity index (χ0) is 13.6. The van der Waals surface area contributed by atoms with E-state index in [1.54, 1.807) is 6.20 Å². The van der Waals surface area contributed by atoms with Gasteiger partial charge in [-0.1, -0.05) is 11.3 Å². The first-order chi connectivity index (χ1) is 8.93. The molecule has 19 heavy (non-hydrogen) atoms. The van der Waals surface area contributed by atoms with E-state index in [1.807, 2.05) is 0 Å². The average Bonchev–Trinajstić information content (AvgIpc) is 2.92. The summed E-state index contributed by atoms with van der Waals surface area (Å²) in [5.74, 6) is -1.13. The van der Waals surface area contributed by atoms with Gasteiger partial charge in [0, 0.05) is 6.20 Å². The number of fused-ring (bicyclic) bond motifs is 1. The molecule has 0 aliphatic heterocycles. The van der Waals surface area contributed by atoms with Gasteiger partial charge in [0.1, 0.15) is 5.01 Å². The van der Waals surface area contributed by atoms with Crippen molar-refractivity contribution in [3.8, 4) is 0 Å². The Kier molecular flexibility index (Phi) is 2.45. The van der Waals surface area contributed by atoms with E-state index in [9.17, 15) is 13.2 Å². The van der Waals surface area contributed by atoms with Crippen LogP contribution in [-0.4, -0.2) is 29.6 Å². The normalized spacial score (nSPS) is 12.4. The van der Waals surface area contributed by atoms with Gasteiger partial charge in [-0.05, 0) is 0 Å². The third kappa shape index (κ3) is 2.12. The third-order valence-corrected chi connectivity index (χ3v) is 3.12. The standard InChI is InChI=1S/C8H6F3N7S/c9-8(10,11)6-14-15-7-18(6)16-5(19-7)3-17-2-4(12)1-13-17/h1-2H,3,12H2. The minimum absolute atomic E-state index is 0.0856. The summed E-state index contributed by atoms with van der Waals surface area (Å²) in [6.07, 6.45) is -1.57. The molecule has 0 amide bonds. The minimum atomic E-state index is -4.58. The quantitative estimate of drug-likeness (QED) is 0.761. The zero-order valence-electron chi connectivity index (χ0n) is 9.16. The van der Waals surface area contributed by atoms with Crippen LogP contribution < -0.4 is 5.73 Å². The highest BCUT2D eigenvalue weighted by atomic mass is 32.1. The molecule has 0 saturated heterocycles. The number of halogens is 3. The fourth-order valence-electron chi connectivity index (χ4n) is 1.50. The monoisotopic (exact) mass is 289 g/mol. The van der Waals surface area contributed by atoms with E-state index in [4.69, 9.17) is 5.73 Å². The maximum atomic E-state index is 12.6. The van der Waals surface area contributed by atoms with Crippen LogP contribution in [0.2, 0.25) is 0 Å². The van der Waals surface area contributed by atoms with Crippen LogP contribution in [0, 0.1) is 0 Å². The predicted molar refractivity (Wildman–Crippen MR) is 59.4 cm³/mol. The summed E-state index contributed by atoms with van der Waals surface area (Å²) in [5, 5.41) is 14.7. The number of nitrogens with two attached hydrogens (primary N) is 1. The molecular weight excluding hydrogens is 283 g/mol. The van der Waals surface area contributed by atoms with Crippen LogP contribution in [0.3, 0.4) is 0 Å². The molecule has 0 aliphatic carbocycles. The molecule has 0 aromatic carbocycles. The van der Waals surface area contributed by atoms with Crippen LogP contribution in [0.1, 0.15) is 10.8 Å². The van der Waals surface area contributed by atoms with Gasteiger partial charge in [-0.25, -0.2) is 0 Å². The fourth-order valence-corrected chi connectivity index (χ4v) is 2.33. The van der Waals surface area contributed by atoms with Crippen molar-refractivity contribution in [2.75, 3.05) is 5.73 Å². The number of anilines is 1. The second kappa shape index (κ2) is 3.91. The number of aromatic nitrogens is 6. The van der Waals surface area contributed by atoms with Crippen LogP contribution in [0.5, 0.6) is 0 Å². The smallest absolute Gasteiger partial charge is 0.396 e. The molecule has 7 nitrogen and oxygen atoms in total. The summed E-state index contributed by atoms with van der Waals surface area (Å²) in [5.41, 5.74) is 5.96. The van der Waals surface area contributed by atoms with Gasteiger partial charge in [0.05, 0.1) is 18.4 Å². The van der Waals surface area contributed by atoms with Crippen molar-refractivity contribution in [1.29, 1.82) is 0 Å². The lowest BCUT2D eigenvalue weighted by Gasteiger charge is -2.00. The molecule has 11 heteroatoms. The van der Waals surface area contributed by atoms with E-state index in [2.05, 4.69) is 20.4 Å². The number of rotatable bonds is 2. The first-order valence-corrected chi connectivity index (χ1v) is 5.81.